The number of aryl methyl sites for hydroxylation is 1. The molecule has 0 unspecified atom stereocenters. The molecule has 0 fully saturated rings. The minimum Gasteiger partial charge on any atom is -0.352 e. The predicted molar refractivity (Wildman–Crippen MR) is 87.6 cm³/mol. The molecule has 0 amide bonds. The van der Waals surface area contributed by atoms with Crippen LogP contribution in [0.5, 0.6) is 0 Å². The van der Waals surface area contributed by atoms with Gasteiger partial charge in [0.1, 0.15) is 17.0 Å². The maximum Gasteiger partial charge on any atom is 0.141 e. The number of hydrogen-bond donors (Lipinski definition) is 1. The summed E-state index contributed by atoms with van der Waals surface area (Å²) in [7, 11) is 0. The van der Waals surface area contributed by atoms with Gasteiger partial charge in [-0.15, -0.1) is 11.3 Å². The molecule has 2 N–H and O–H groups in total. The smallest absolute Gasteiger partial charge is 0.141 e. The van der Waals surface area contributed by atoms with Crippen molar-refractivity contribution >= 4 is 27.4 Å². The van der Waals surface area contributed by atoms with Crippen LogP contribution in [-0.2, 0) is 6.42 Å². The highest BCUT2D eigenvalue weighted by Gasteiger charge is 2.19. The minimum absolute atomic E-state index is 0.488. The van der Waals surface area contributed by atoms with Gasteiger partial charge in [0, 0.05) is 24.0 Å². The van der Waals surface area contributed by atoms with Crippen molar-refractivity contribution in [2.45, 2.75) is 46.1 Å². The first-order chi connectivity index (χ1) is 9.74. The fourth-order valence-corrected chi connectivity index (χ4v) is 3.56. The zero-order valence-corrected chi connectivity index (χ0v) is 13.4. The van der Waals surface area contributed by atoms with Gasteiger partial charge < -0.3 is 10.6 Å². The number of nitrogens with two attached hydrogens (primary N) is 1. The van der Waals surface area contributed by atoms with Crippen LogP contribution in [0.25, 0.3) is 10.2 Å². The summed E-state index contributed by atoms with van der Waals surface area (Å²) in [5.41, 5.74) is 5.81. The number of hydrogen-bond acceptors (Lipinski definition) is 5. The van der Waals surface area contributed by atoms with E-state index in [-0.39, 0.29) is 0 Å². The van der Waals surface area contributed by atoms with Crippen LogP contribution in [0.15, 0.2) is 12.4 Å². The average molecular weight is 292 g/mol. The fraction of sp³-hybridized carbons (Fsp3) is 0.600. The van der Waals surface area contributed by atoms with E-state index in [1.165, 1.54) is 10.3 Å². The molecule has 110 valence electrons. The van der Waals surface area contributed by atoms with E-state index in [2.05, 4.69) is 41.7 Å². The lowest BCUT2D eigenvalue weighted by Gasteiger charge is -2.31. The molecule has 0 bridgehead atoms. The van der Waals surface area contributed by atoms with E-state index < -0.39 is 0 Å². The normalized spacial score (nSPS) is 11.4. The van der Waals surface area contributed by atoms with E-state index in [9.17, 15) is 0 Å². The van der Waals surface area contributed by atoms with Crippen LogP contribution in [0.1, 0.15) is 38.5 Å². The molecule has 0 atom stereocenters. The molecule has 20 heavy (non-hydrogen) atoms. The molecule has 0 aliphatic rings. The molecule has 0 aliphatic heterocycles. The Morgan fingerprint density at radius 3 is 2.60 bits per heavy atom. The van der Waals surface area contributed by atoms with E-state index in [1.54, 1.807) is 17.7 Å². The highest BCUT2D eigenvalue weighted by Crippen LogP contribution is 2.32. The average Bonchev–Trinajstić information content (AvgIpc) is 2.90. The molecule has 2 rings (SSSR count). The first-order valence-corrected chi connectivity index (χ1v) is 8.26. The van der Waals surface area contributed by atoms with Gasteiger partial charge in [-0.05, 0) is 25.3 Å². The van der Waals surface area contributed by atoms with Crippen molar-refractivity contribution in [2.24, 2.45) is 5.73 Å². The molecule has 0 spiro atoms. The van der Waals surface area contributed by atoms with Gasteiger partial charge in [0.25, 0.3) is 0 Å². The second-order valence-electron chi connectivity index (χ2n) is 4.93. The lowest BCUT2D eigenvalue weighted by molar-refractivity contribution is 0.555. The monoisotopic (exact) mass is 292 g/mol. The lowest BCUT2D eigenvalue weighted by atomic mass is 10.1. The third-order valence-electron chi connectivity index (χ3n) is 3.73. The van der Waals surface area contributed by atoms with Crippen molar-refractivity contribution in [3.8, 4) is 0 Å². The van der Waals surface area contributed by atoms with Gasteiger partial charge in [-0.3, -0.25) is 0 Å². The maximum atomic E-state index is 5.81. The minimum atomic E-state index is 0.488. The second-order valence-corrected chi connectivity index (χ2v) is 6.05. The van der Waals surface area contributed by atoms with Gasteiger partial charge in [0.2, 0.25) is 0 Å². The van der Waals surface area contributed by atoms with Crippen molar-refractivity contribution in [3.63, 3.8) is 0 Å². The van der Waals surface area contributed by atoms with E-state index in [4.69, 9.17) is 5.73 Å². The zero-order chi connectivity index (χ0) is 14.5. The summed E-state index contributed by atoms with van der Waals surface area (Å²) in [6, 6.07) is 2.72. The van der Waals surface area contributed by atoms with Crippen LogP contribution < -0.4 is 10.6 Å². The first-order valence-electron chi connectivity index (χ1n) is 7.45. The van der Waals surface area contributed by atoms with Gasteiger partial charge >= 0.3 is 0 Å². The summed E-state index contributed by atoms with van der Waals surface area (Å²) in [6.07, 6.45) is 4.93. The molecule has 2 aromatic rings. The standard InChI is InChI=1S/C15H24N4S/c1-4-11(5-2)19(8-7-16)14-13-9-12(6-3)20-15(13)18-10-17-14/h9-11H,4-8,16H2,1-3H3. The Balaban J connectivity index is 2.49. The molecule has 0 saturated heterocycles. The van der Waals surface area contributed by atoms with Gasteiger partial charge in [-0.1, -0.05) is 20.8 Å². The number of anilines is 1. The molecule has 5 heteroatoms. The molecular formula is C15H24N4S. The van der Waals surface area contributed by atoms with Crippen LogP contribution in [0.3, 0.4) is 0 Å². The molecule has 0 radical (unpaired) electrons. The maximum absolute atomic E-state index is 5.81. The van der Waals surface area contributed by atoms with Crippen molar-refractivity contribution in [1.29, 1.82) is 0 Å². The quantitative estimate of drug-likeness (QED) is 0.851. The van der Waals surface area contributed by atoms with Crippen molar-refractivity contribution in [3.05, 3.63) is 17.3 Å². The number of thiophene rings is 1. The van der Waals surface area contributed by atoms with E-state index in [0.717, 1.165) is 36.5 Å². The molecule has 0 aliphatic carbocycles. The molecule has 4 nitrogen and oxygen atoms in total. The van der Waals surface area contributed by atoms with Crippen LogP contribution >= 0.6 is 11.3 Å². The first kappa shape index (κ1) is 15.2. The van der Waals surface area contributed by atoms with Gasteiger partial charge in [-0.2, -0.15) is 0 Å². The fourth-order valence-electron chi connectivity index (χ4n) is 2.63. The Labute approximate surface area is 125 Å². The largest absolute Gasteiger partial charge is 0.352 e. The van der Waals surface area contributed by atoms with Crippen LogP contribution in [0, 0.1) is 0 Å². The lowest BCUT2D eigenvalue weighted by Crippen LogP contribution is -2.39. The second kappa shape index (κ2) is 6.99. The predicted octanol–water partition coefficient (Wildman–Crippen LogP) is 3.21. The summed E-state index contributed by atoms with van der Waals surface area (Å²) in [5.74, 6) is 1.05. The third-order valence-corrected chi connectivity index (χ3v) is 4.92. The summed E-state index contributed by atoms with van der Waals surface area (Å²) in [6.45, 7) is 8.11. The summed E-state index contributed by atoms with van der Waals surface area (Å²) < 4.78 is 0. The Bertz CT molecular complexity index is 548. The molecule has 0 saturated carbocycles. The van der Waals surface area contributed by atoms with Gasteiger partial charge in [0.15, 0.2) is 0 Å². The van der Waals surface area contributed by atoms with Crippen molar-refractivity contribution in [2.75, 3.05) is 18.0 Å². The highest BCUT2D eigenvalue weighted by atomic mass is 32.1. The summed E-state index contributed by atoms with van der Waals surface area (Å²) in [4.78, 5) is 13.8. The Morgan fingerprint density at radius 1 is 1.25 bits per heavy atom. The van der Waals surface area contributed by atoms with Crippen LogP contribution in [-0.4, -0.2) is 29.1 Å². The SMILES string of the molecule is CCc1cc2c(N(CCN)C(CC)CC)ncnc2s1. The highest BCUT2D eigenvalue weighted by molar-refractivity contribution is 7.18. The van der Waals surface area contributed by atoms with Crippen molar-refractivity contribution in [1.82, 2.24) is 9.97 Å². The number of nitrogens with zero attached hydrogens (tertiary/aromatic N) is 3. The summed E-state index contributed by atoms with van der Waals surface area (Å²) >= 11 is 1.76. The zero-order valence-electron chi connectivity index (χ0n) is 12.6. The Kier molecular flexibility index (Phi) is 5.31. The van der Waals surface area contributed by atoms with E-state index >= 15 is 0 Å². The third kappa shape index (κ3) is 2.94. The number of fused-ring (bicyclic) bond motifs is 1. The summed E-state index contributed by atoms with van der Waals surface area (Å²) in [5, 5.41) is 1.18. The van der Waals surface area contributed by atoms with E-state index in [0.29, 0.717) is 12.6 Å². The Morgan fingerprint density at radius 2 is 2.00 bits per heavy atom. The van der Waals surface area contributed by atoms with Crippen LogP contribution in [0.2, 0.25) is 0 Å². The van der Waals surface area contributed by atoms with Crippen molar-refractivity contribution < 1.29 is 0 Å². The Hall–Kier alpha value is -1.20. The topological polar surface area (TPSA) is 55.0 Å². The molecule has 2 aromatic heterocycles. The van der Waals surface area contributed by atoms with Gasteiger partial charge in [0.05, 0.1) is 5.39 Å². The van der Waals surface area contributed by atoms with E-state index in [1.807, 2.05) is 0 Å². The number of aromatic nitrogens is 2. The molecule has 0 aromatic carbocycles. The number of rotatable bonds is 7. The molecular weight excluding hydrogens is 268 g/mol. The van der Waals surface area contributed by atoms with Gasteiger partial charge in [-0.25, -0.2) is 9.97 Å². The van der Waals surface area contributed by atoms with Crippen LogP contribution in [0.4, 0.5) is 5.82 Å². The molecule has 2 heterocycles.